The molecule has 24 heavy (non-hydrogen) atoms. The Labute approximate surface area is 133 Å². The van der Waals surface area contributed by atoms with Gasteiger partial charge in [-0.05, 0) is 18.2 Å². The van der Waals surface area contributed by atoms with E-state index in [2.05, 4.69) is 9.97 Å². The normalized spacial score (nSPS) is 10.9. The lowest BCUT2D eigenvalue weighted by Gasteiger charge is -2.14. The molecule has 0 atom stereocenters. The molecule has 0 fully saturated rings. The summed E-state index contributed by atoms with van der Waals surface area (Å²) < 4.78 is 5.11. The van der Waals surface area contributed by atoms with Crippen molar-refractivity contribution in [3.8, 4) is 5.75 Å². The van der Waals surface area contributed by atoms with Gasteiger partial charge < -0.3 is 39.4 Å². The molecule has 2 heterocycles. The first kappa shape index (κ1) is 15.3. The van der Waals surface area contributed by atoms with Crippen molar-refractivity contribution in [2.24, 2.45) is 0 Å². The number of carboxylic acid groups (broad SMARTS) is 3. The van der Waals surface area contributed by atoms with Gasteiger partial charge in [0.25, 0.3) is 0 Å². The quantitative estimate of drug-likeness (QED) is 0.566. The number of ether oxygens (including phenoxy) is 1. The molecule has 0 aliphatic heterocycles. The van der Waals surface area contributed by atoms with E-state index in [4.69, 9.17) is 4.74 Å². The van der Waals surface area contributed by atoms with Crippen LogP contribution in [0.4, 0.5) is 0 Å². The van der Waals surface area contributed by atoms with Gasteiger partial charge in [0.2, 0.25) is 0 Å². The van der Waals surface area contributed by atoms with Gasteiger partial charge in [0.1, 0.15) is 11.3 Å². The Morgan fingerprint density at radius 1 is 1.04 bits per heavy atom. The first-order chi connectivity index (χ1) is 11.3. The fourth-order valence-corrected chi connectivity index (χ4v) is 2.51. The summed E-state index contributed by atoms with van der Waals surface area (Å²) in [5.41, 5.74) is -1.35. The Balaban J connectivity index is 2.57. The molecule has 122 valence electrons. The van der Waals surface area contributed by atoms with Crippen LogP contribution in [0.15, 0.2) is 18.2 Å². The minimum atomic E-state index is -1.68. The lowest BCUT2D eigenvalue weighted by atomic mass is 10.0. The SMILES string of the molecule is COc1cc2cc(C(=O)[O-])[nH]c2c2c(C(=O)[O-])cc(C(=O)[O-])nc12. The highest BCUT2D eigenvalue weighted by Gasteiger charge is 2.17. The number of aromatic amines is 1. The number of aromatic carboxylic acids is 3. The molecular formula is C15H7N2O7-3. The van der Waals surface area contributed by atoms with Crippen LogP contribution in [-0.4, -0.2) is 35.0 Å². The summed E-state index contributed by atoms with van der Waals surface area (Å²) >= 11 is 0. The van der Waals surface area contributed by atoms with Crippen molar-refractivity contribution < 1.29 is 34.4 Å². The molecule has 0 spiro atoms. The summed E-state index contributed by atoms with van der Waals surface area (Å²) in [6, 6.07) is 3.41. The van der Waals surface area contributed by atoms with Crippen LogP contribution in [0.1, 0.15) is 31.3 Å². The number of hydrogen-bond donors (Lipinski definition) is 1. The van der Waals surface area contributed by atoms with Crippen molar-refractivity contribution in [2.75, 3.05) is 7.11 Å². The number of hydrogen-bond acceptors (Lipinski definition) is 8. The van der Waals surface area contributed by atoms with Gasteiger partial charge in [-0.2, -0.15) is 0 Å². The van der Waals surface area contributed by atoms with Gasteiger partial charge >= 0.3 is 0 Å². The fraction of sp³-hybridized carbons (Fsp3) is 0.0667. The Morgan fingerprint density at radius 2 is 1.75 bits per heavy atom. The standard InChI is InChI=1S/C15H10N2O7/c1-24-9-3-5-2-7(14(20)21)16-11(5)10-6(13(18)19)4-8(15(22)23)17-12(9)10/h2-4,16H,1H3,(H,18,19)(H,20,21)(H,22,23)/p-3. The van der Waals surface area contributed by atoms with Gasteiger partial charge in [-0.3, -0.25) is 0 Å². The molecule has 9 nitrogen and oxygen atoms in total. The van der Waals surface area contributed by atoms with Crippen molar-refractivity contribution in [3.63, 3.8) is 0 Å². The molecule has 0 radical (unpaired) electrons. The lowest BCUT2D eigenvalue weighted by molar-refractivity contribution is -0.256. The molecule has 0 amide bonds. The number of H-pyrrole nitrogens is 1. The van der Waals surface area contributed by atoms with Crippen LogP contribution in [-0.2, 0) is 0 Å². The first-order valence-electron chi connectivity index (χ1n) is 6.52. The van der Waals surface area contributed by atoms with Crippen molar-refractivity contribution >= 4 is 39.7 Å². The Kier molecular flexibility index (Phi) is 3.33. The monoisotopic (exact) mass is 327 g/mol. The van der Waals surface area contributed by atoms with E-state index in [0.717, 1.165) is 6.07 Å². The fourth-order valence-electron chi connectivity index (χ4n) is 2.51. The van der Waals surface area contributed by atoms with Gasteiger partial charge in [0.15, 0.2) is 0 Å². The van der Waals surface area contributed by atoms with E-state index in [0.29, 0.717) is 5.39 Å². The second kappa shape index (κ2) is 5.23. The van der Waals surface area contributed by atoms with Gasteiger partial charge in [0, 0.05) is 16.3 Å². The zero-order valence-corrected chi connectivity index (χ0v) is 12.0. The van der Waals surface area contributed by atoms with Crippen molar-refractivity contribution in [3.05, 3.63) is 35.2 Å². The smallest absolute Gasteiger partial charge is 0.145 e. The molecule has 0 saturated carbocycles. The number of rotatable bonds is 4. The average molecular weight is 327 g/mol. The maximum Gasteiger partial charge on any atom is 0.145 e. The second-order valence-corrected chi connectivity index (χ2v) is 4.87. The summed E-state index contributed by atoms with van der Waals surface area (Å²) in [5, 5.41) is 33.8. The van der Waals surface area contributed by atoms with E-state index >= 15 is 0 Å². The van der Waals surface area contributed by atoms with Crippen molar-refractivity contribution in [1.29, 1.82) is 0 Å². The number of methoxy groups -OCH3 is 1. The number of nitrogens with zero attached hydrogens (tertiary/aromatic N) is 1. The van der Waals surface area contributed by atoms with Crippen LogP contribution < -0.4 is 20.1 Å². The third kappa shape index (κ3) is 2.19. The second-order valence-electron chi connectivity index (χ2n) is 4.87. The van der Waals surface area contributed by atoms with E-state index in [1.807, 2.05) is 0 Å². The molecule has 9 heteroatoms. The number of carbonyl (C=O) groups excluding carboxylic acids is 3. The highest BCUT2D eigenvalue weighted by Crippen LogP contribution is 2.34. The molecule has 0 bridgehead atoms. The molecular weight excluding hydrogens is 320 g/mol. The molecule has 3 aromatic rings. The molecule has 0 saturated heterocycles. The van der Waals surface area contributed by atoms with E-state index in [-0.39, 0.29) is 27.9 Å². The van der Waals surface area contributed by atoms with Crippen LogP contribution in [0.3, 0.4) is 0 Å². The number of fused-ring (bicyclic) bond motifs is 3. The first-order valence-corrected chi connectivity index (χ1v) is 6.52. The van der Waals surface area contributed by atoms with Gasteiger partial charge in [-0.15, -0.1) is 0 Å². The minimum Gasteiger partial charge on any atom is -0.545 e. The Bertz CT molecular complexity index is 1040. The predicted octanol–water partition coefficient (Wildman–Crippen LogP) is -2.18. The maximum atomic E-state index is 11.4. The van der Waals surface area contributed by atoms with E-state index in [1.165, 1.54) is 19.2 Å². The summed E-state index contributed by atoms with van der Waals surface area (Å²) in [6.07, 6.45) is 0. The van der Waals surface area contributed by atoms with Gasteiger partial charge in [0.05, 0.1) is 41.9 Å². The Hall–Kier alpha value is -3.62. The number of benzene rings is 1. The van der Waals surface area contributed by atoms with E-state index in [9.17, 15) is 29.7 Å². The topological polar surface area (TPSA) is 158 Å². The molecule has 0 aliphatic rings. The largest absolute Gasteiger partial charge is 0.545 e. The van der Waals surface area contributed by atoms with Crippen LogP contribution in [0.2, 0.25) is 0 Å². The number of nitrogens with one attached hydrogen (secondary N) is 1. The lowest BCUT2D eigenvalue weighted by Crippen LogP contribution is -2.27. The highest BCUT2D eigenvalue weighted by atomic mass is 16.5. The van der Waals surface area contributed by atoms with Crippen LogP contribution in [0.25, 0.3) is 21.8 Å². The third-order valence-electron chi connectivity index (χ3n) is 3.51. The molecule has 3 rings (SSSR count). The molecule has 2 aromatic heterocycles. The van der Waals surface area contributed by atoms with Crippen LogP contribution >= 0.6 is 0 Å². The summed E-state index contributed by atoms with van der Waals surface area (Å²) in [7, 11) is 1.28. The zero-order chi connectivity index (χ0) is 17.6. The molecule has 0 unspecified atom stereocenters. The number of pyridine rings is 1. The van der Waals surface area contributed by atoms with Crippen molar-refractivity contribution in [2.45, 2.75) is 0 Å². The molecule has 0 aliphatic carbocycles. The van der Waals surface area contributed by atoms with Gasteiger partial charge in [-0.25, -0.2) is 4.98 Å². The summed E-state index contributed by atoms with van der Waals surface area (Å²) in [4.78, 5) is 39.9. The maximum absolute atomic E-state index is 11.4. The van der Waals surface area contributed by atoms with E-state index < -0.39 is 29.2 Å². The number of carbonyl (C=O) groups is 3. The van der Waals surface area contributed by atoms with E-state index in [1.54, 1.807) is 0 Å². The summed E-state index contributed by atoms with van der Waals surface area (Å²) in [6.45, 7) is 0. The number of carboxylic acids is 3. The predicted molar refractivity (Wildman–Crippen MR) is 73.1 cm³/mol. The minimum absolute atomic E-state index is 0.0400. The van der Waals surface area contributed by atoms with Crippen LogP contribution in [0, 0.1) is 0 Å². The van der Waals surface area contributed by atoms with Gasteiger partial charge in [-0.1, -0.05) is 0 Å². The average Bonchev–Trinajstić information content (AvgIpc) is 2.96. The third-order valence-corrected chi connectivity index (χ3v) is 3.51. The van der Waals surface area contributed by atoms with Crippen LogP contribution in [0.5, 0.6) is 5.75 Å². The van der Waals surface area contributed by atoms with Crippen molar-refractivity contribution in [1.82, 2.24) is 9.97 Å². The summed E-state index contributed by atoms with van der Waals surface area (Å²) in [5.74, 6) is -4.77. The zero-order valence-electron chi connectivity index (χ0n) is 12.0. The molecule has 1 aromatic carbocycles. The molecule has 1 N–H and O–H groups in total. The Morgan fingerprint density at radius 3 is 2.29 bits per heavy atom. The highest BCUT2D eigenvalue weighted by molar-refractivity contribution is 6.17. The number of aromatic nitrogens is 2.